The lowest BCUT2D eigenvalue weighted by atomic mass is 9.94. The molecule has 1 rings (SSSR count). The predicted molar refractivity (Wildman–Crippen MR) is 62.2 cm³/mol. The number of likely N-dealkylation sites (N-methyl/N-ethyl adjacent to an activating group) is 1. The third kappa shape index (κ3) is 5.25. The van der Waals surface area contributed by atoms with E-state index < -0.39 is 15.4 Å². The van der Waals surface area contributed by atoms with E-state index in [0.29, 0.717) is 39.1 Å². The first-order valence-electron chi connectivity index (χ1n) is 5.47. The van der Waals surface area contributed by atoms with Crippen molar-refractivity contribution in [3.8, 4) is 0 Å². The van der Waals surface area contributed by atoms with E-state index in [9.17, 15) is 13.5 Å². The lowest BCUT2D eigenvalue weighted by Crippen LogP contribution is -2.46. The van der Waals surface area contributed by atoms with Gasteiger partial charge in [-0.25, -0.2) is 8.42 Å². The van der Waals surface area contributed by atoms with Gasteiger partial charge in [-0.15, -0.1) is 0 Å². The Morgan fingerprint density at radius 1 is 1.38 bits per heavy atom. The second kappa shape index (κ2) is 5.44. The van der Waals surface area contributed by atoms with E-state index >= 15 is 0 Å². The third-order valence-electron chi connectivity index (χ3n) is 2.83. The number of nitrogens with zero attached hydrogens (tertiary/aromatic N) is 1. The molecule has 1 saturated heterocycles. The van der Waals surface area contributed by atoms with Gasteiger partial charge in [0.05, 0.1) is 11.4 Å². The molecule has 16 heavy (non-hydrogen) atoms. The Balaban J connectivity index is 2.35. The minimum Gasteiger partial charge on any atom is -0.388 e. The van der Waals surface area contributed by atoms with Crippen molar-refractivity contribution < 1.29 is 18.3 Å². The first-order valence-corrected chi connectivity index (χ1v) is 7.53. The number of aliphatic hydroxyl groups is 1. The maximum atomic E-state index is 11.0. The van der Waals surface area contributed by atoms with Crippen LogP contribution in [0.3, 0.4) is 0 Å². The number of hydrogen-bond donors (Lipinski definition) is 1. The molecule has 1 heterocycles. The first kappa shape index (κ1) is 13.9. The fourth-order valence-corrected chi connectivity index (χ4v) is 2.46. The number of sulfone groups is 1. The molecule has 0 aromatic heterocycles. The van der Waals surface area contributed by atoms with Crippen LogP contribution in [0.1, 0.15) is 12.8 Å². The Morgan fingerprint density at radius 2 is 1.94 bits per heavy atom. The molecule has 0 aromatic rings. The SMILES string of the molecule is CN(CCS(C)(=O)=O)CC1(O)CCOCC1. The van der Waals surface area contributed by atoms with Gasteiger partial charge in [-0.3, -0.25) is 0 Å². The van der Waals surface area contributed by atoms with Gasteiger partial charge < -0.3 is 14.7 Å². The minimum atomic E-state index is -2.93. The van der Waals surface area contributed by atoms with Crippen molar-refractivity contribution in [1.29, 1.82) is 0 Å². The summed E-state index contributed by atoms with van der Waals surface area (Å²) < 4.78 is 27.2. The molecule has 6 heteroatoms. The van der Waals surface area contributed by atoms with Gasteiger partial charge in [-0.2, -0.15) is 0 Å². The molecule has 1 fully saturated rings. The quantitative estimate of drug-likeness (QED) is 0.714. The number of hydrogen-bond acceptors (Lipinski definition) is 5. The predicted octanol–water partition coefficient (Wildman–Crippen LogP) is -0.496. The summed E-state index contributed by atoms with van der Waals surface area (Å²) in [6.07, 6.45) is 2.47. The van der Waals surface area contributed by atoms with Crippen molar-refractivity contribution in [1.82, 2.24) is 4.90 Å². The van der Waals surface area contributed by atoms with Gasteiger partial charge >= 0.3 is 0 Å². The fourth-order valence-electron chi connectivity index (χ4n) is 1.81. The minimum absolute atomic E-state index is 0.135. The normalized spacial score (nSPS) is 21.2. The van der Waals surface area contributed by atoms with Crippen molar-refractivity contribution >= 4 is 9.84 Å². The molecule has 0 radical (unpaired) electrons. The van der Waals surface area contributed by atoms with E-state index in [1.54, 1.807) is 0 Å². The van der Waals surface area contributed by atoms with Crippen LogP contribution < -0.4 is 0 Å². The van der Waals surface area contributed by atoms with Gasteiger partial charge in [0.2, 0.25) is 0 Å². The monoisotopic (exact) mass is 251 g/mol. The van der Waals surface area contributed by atoms with Crippen molar-refractivity contribution in [3.05, 3.63) is 0 Å². The first-order chi connectivity index (χ1) is 7.31. The Bertz CT molecular complexity index is 309. The van der Waals surface area contributed by atoms with E-state index in [-0.39, 0.29) is 5.75 Å². The van der Waals surface area contributed by atoms with Gasteiger partial charge in [-0.05, 0) is 7.05 Å². The maximum Gasteiger partial charge on any atom is 0.148 e. The molecule has 0 saturated carbocycles. The summed E-state index contributed by atoms with van der Waals surface area (Å²) >= 11 is 0. The van der Waals surface area contributed by atoms with E-state index in [0.717, 1.165) is 0 Å². The molecule has 1 N–H and O–H groups in total. The molecule has 1 aliphatic heterocycles. The summed E-state index contributed by atoms with van der Waals surface area (Å²) in [5, 5.41) is 10.2. The summed E-state index contributed by atoms with van der Waals surface area (Å²) in [5.74, 6) is 0.135. The van der Waals surface area contributed by atoms with Gasteiger partial charge in [0.25, 0.3) is 0 Å². The molecule has 1 aliphatic rings. The summed E-state index contributed by atoms with van der Waals surface area (Å²) in [4.78, 5) is 1.87. The van der Waals surface area contributed by atoms with Gasteiger partial charge in [0.15, 0.2) is 0 Å². The lowest BCUT2D eigenvalue weighted by Gasteiger charge is -2.35. The van der Waals surface area contributed by atoms with Crippen LogP contribution in [0.4, 0.5) is 0 Å². The largest absolute Gasteiger partial charge is 0.388 e. The van der Waals surface area contributed by atoms with Crippen LogP contribution in [-0.2, 0) is 14.6 Å². The standard InChI is InChI=1S/C10H21NO4S/c1-11(5-8-16(2,13)14)9-10(12)3-6-15-7-4-10/h12H,3-9H2,1-2H3. The third-order valence-corrected chi connectivity index (χ3v) is 3.76. The van der Waals surface area contributed by atoms with Crippen molar-refractivity contribution in [2.75, 3.05) is 45.4 Å². The molecule has 0 amide bonds. The molecule has 0 atom stereocenters. The molecular weight excluding hydrogens is 230 g/mol. The second-order valence-corrected chi connectivity index (χ2v) is 6.96. The Morgan fingerprint density at radius 3 is 2.44 bits per heavy atom. The maximum absolute atomic E-state index is 11.0. The average molecular weight is 251 g/mol. The van der Waals surface area contributed by atoms with E-state index in [1.807, 2.05) is 11.9 Å². The number of rotatable bonds is 5. The van der Waals surface area contributed by atoms with Gasteiger partial charge in [0, 0.05) is 45.4 Å². The molecule has 0 bridgehead atoms. The zero-order chi connectivity index (χ0) is 12.2. The molecule has 0 spiro atoms. The summed E-state index contributed by atoms with van der Waals surface area (Å²) in [5.41, 5.74) is -0.718. The molecule has 5 nitrogen and oxygen atoms in total. The van der Waals surface area contributed by atoms with Crippen LogP contribution in [0.25, 0.3) is 0 Å². The van der Waals surface area contributed by atoms with Gasteiger partial charge in [-0.1, -0.05) is 0 Å². The Hall–Kier alpha value is -0.170. The van der Waals surface area contributed by atoms with Crippen LogP contribution in [0.15, 0.2) is 0 Å². The summed E-state index contributed by atoms with van der Waals surface area (Å²) in [6.45, 7) is 2.13. The van der Waals surface area contributed by atoms with E-state index in [2.05, 4.69) is 0 Å². The Kier molecular flexibility index (Phi) is 4.73. The van der Waals surface area contributed by atoms with Crippen molar-refractivity contribution in [2.24, 2.45) is 0 Å². The average Bonchev–Trinajstić information content (AvgIpc) is 2.14. The van der Waals surface area contributed by atoms with Crippen LogP contribution in [0.2, 0.25) is 0 Å². The Labute approximate surface area is 97.3 Å². The topological polar surface area (TPSA) is 66.8 Å². The van der Waals surface area contributed by atoms with Crippen LogP contribution >= 0.6 is 0 Å². The van der Waals surface area contributed by atoms with Crippen LogP contribution in [-0.4, -0.2) is 69.4 Å². The number of ether oxygens (including phenoxy) is 1. The van der Waals surface area contributed by atoms with E-state index in [4.69, 9.17) is 4.74 Å². The molecule has 96 valence electrons. The zero-order valence-corrected chi connectivity index (χ0v) is 10.8. The molecule has 0 unspecified atom stereocenters. The zero-order valence-electron chi connectivity index (χ0n) is 9.98. The second-order valence-electron chi connectivity index (χ2n) is 4.70. The van der Waals surface area contributed by atoms with Crippen LogP contribution in [0.5, 0.6) is 0 Å². The molecular formula is C10H21NO4S. The highest BCUT2D eigenvalue weighted by molar-refractivity contribution is 7.90. The molecule has 0 aromatic carbocycles. The lowest BCUT2D eigenvalue weighted by molar-refractivity contribution is -0.0762. The van der Waals surface area contributed by atoms with Gasteiger partial charge in [0.1, 0.15) is 9.84 Å². The highest BCUT2D eigenvalue weighted by Crippen LogP contribution is 2.21. The summed E-state index contributed by atoms with van der Waals surface area (Å²) in [7, 11) is -1.10. The van der Waals surface area contributed by atoms with Crippen molar-refractivity contribution in [3.63, 3.8) is 0 Å². The highest BCUT2D eigenvalue weighted by atomic mass is 32.2. The van der Waals surface area contributed by atoms with Crippen molar-refractivity contribution in [2.45, 2.75) is 18.4 Å². The summed E-state index contributed by atoms with van der Waals surface area (Å²) in [6, 6.07) is 0. The van der Waals surface area contributed by atoms with Crippen LogP contribution in [0, 0.1) is 0 Å². The smallest absolute Gasteiger partial charge is 0.148 e. The molecule has 0 aliphatic carbocycles. The fraction of sp³-hybridized carbons (Fsp3) is 1.00. The highest BCUT2D eigenvalue weighted by Gasteiger charge is 2.30. The van der Waals surface area contributed by atoms with E-state index in [1.165, 1.54) is 6.26 Å².